The molecule has 3 N–H and O–H groups in total. The summed E-state index contributed by atoms with van der Waals surface area (Å²) in [5.74, 6) is 1.40. The molecule has 0 bridgehead atoms. The number of aromatic amines is 1. The van der Waals surface area contributed by atoms with Crippen molar-refractivity contribution in [2.75, 3.05) is 5.73 Å². The Morgan fingerprint density at radius 3 is 2.67 bits per heavy atom. The fraction of sp³-hybridized carbons (Fsp3) is 0.500. The van der Waals surface area contributed by atoms with Gasteiger partial charge in [-0.15, -0.1) is 0 Å². The van der Waals surface area contributed by atoms with Crippen molar-refractivity contribution in [2.24, 2.45) is 5.92 Å². The van der Waals surface area contributed by atoms with E-state index < -0.39 is 0 Å². The van der Waals surface area contributed by atoms with E-state index in [1.807, 2.05) is 0 Å². The third kappa shape index (κ3) is 3.29. The lowest BCUT2D eigenvalue weighted by atomic mass is 9.92. The Hall–Kier alpha value is -1.77. The first-order valence-corrected chi connectivity index (χ1v) is 8.14. The van der Waals surface area contributed by atoms with E-state index in [0.29, 0.717) is 5.82 Å². The van der Waals surface area contributed by atoms with Crippen LogP contribution in [0.25, 0.3) is 11.1 Å². The Morgan fingerprint density at radius 2 is 1.95 bits per heavy atom. The summed E-state index contributed by atoms with van der Waals surface area (Å²) in [5, 5.41) is 7.45. The molecule has 0 amide bonds. The second-order valence-corrected chi connectivity index (χ2v) is 6.39. The summed E-state index contributed by atoms with van der Waals surface area (Å²) >= 11 is 0. The number of nitrogens with zero attached hydrogens (tertiary/aromatic N) is 1. The van der Waals surface area contributed by atoms with E-state index in [2.05, 4.69) is 41.4 Å². The van der Waals surface area contributed by atoms with Crippen LogP contribution >= 0.6 is 0 Å². The van der Waals surface area contributed by atoms with Crippen LogP contribution in [-0.2, 0) is 6.42 Å². The smallest absolute Gasteiger partial charge is 0.153 e. The minimum absolute atomic E-state index is 0.629. The third-order valence-electron chi connectivity index (χ3n) is 4.64. The van der Waals surface area contributed by atoms with Gasteiger partial charge in [0.25, 0.3) is 0 Å². The molecule has 0 unspecified atom stereocenters. The topological polar surface area (TPSA) is 54.7 Å². The summed E-state index contributed by atoms with van der Waals surface area (Å²) in [6.07, 6.45) is 9.28. The van der Waals surface area contributed by atoms with Crippen LogP contribution in [0.15, 0.2) is 24.3 Å². The second-order valence-electron chi connectivity index (χ2n) is 6.39. The second kappa shape index (κ2) is 6.33. The van der Waals surface area contributed by atoms with Gasteiger partial charge < -0.3 is 5.73 Å². The first-order valence-electron chi connectivity index (χ1n) is 8.14. The van der Waals surface area contributed by atoms with Gasteiger partial charge >= 0.3 is 0 Å². The highest BCUT2D eigenvalue weighted by Crippen LogP contribution is 2.33. The number of aryl methyl sites for hydroxylation is 1. The van der Waals surface area contributed by atoms with E-state index in [1.54, 1.807) is 0 Å². The Kier molecular flexibility index (Phi) is 4.28. The van der Waals surface area contributed by atoms with Crippen LogP contribution in [0.3, 0.4) is 0 Å². The van der Waals surface area contributed by atoms with Crippen LogP contribution in [0.2, 0.25) is 0 Å². The molecule has 1 heterocycles. The van der Waals surface area contributed by atoms with Gasteiger partial charge in [-0.25, -0.2) is 0 Å². The van der Waals surface area contributed by atoms with Crippen molar-refractivity contribution >= 4 is 5.82 Å². The van der Waals surface area contributed by atoms with Gasteiger partial charge in [0.05, 0.1) is 0 Å². The molecule has 1 saturated carbocycles. The number of nitrogen functional groups attached to an aromatic ring is 1. The molecule has 0 radical (unpaired) electrons. The van der Waals surface area contributed by atoms with Crippen molar-refractivity contribution in [3.8, 4) is 11.1 Å². The van der Waals surface area contributed by atoms with Crippen molar-refractivity contribution < 1.29 is 0 Å². The molecule has 112 valence electrons. The van der Waals surface area contributed by atoms with Gasteiger partial charge in [0.2, 0.25) is 0 Å². The van der Waals surface area contributed by atoms with Crippen LogP contribution < -0.4 is 5.73 Å². The lowest BCUT2D eigenvalue weighted by Crippen LogP contribution is -2.05. The number of hydrogen-bond donors (Lipinski definition) is 2. The third-order valence-corrected chi connectivity index (χ3v) is 4.64. The minimum Gasteiger partial charge on any atom is -0.382 e. The normalized spacial score (nSPS) is 16.8. The number of anilines is 1. The molecule has 21 heavy (non-hydrogen) atoms. The molecule has 3 heteroatoms. The summed E-state index contributed by atoms with van der Waals surface area (Å²) in [6, 6.07) is 8.53. The number of H-pyrrole nitrogens is 1. The Bertz CT molecular complexity index is 592. The van der Waals surface area contributed by atoms with Gasteiger partial charge in [0.15, 0.2) is 5.82 Å². The van der Waals surface area contributed by atoms with Crippen molar-refractivity contribution in [1.82, 2.24) is 10.2 Å². The van der Waals surface area contributed by atoms with Crippen molar-refractivity contribution in [3.63, 3.8) is 0 Å². The van der Waals surface area contributed by atoms with E-state index in [9.17, 15) is 0 Å². The highest BCUT2D eigenvalue weighted by Gasteiger charge is 2.19. The maximum absolute atomic E-state index is 6.12. The Labute approximate surface area is 127 Å². The molecule has 0 atom stereocenters. The molecule has 3 rings (SSSR count). The SMILES string of the molecule is Cc1cccc(-c2c(N)n[nH]c2CC2CCCCCC2)c1. The largest absolute Gasteiger partial charge is 0.382 e. The van der Waals surface area contributed by atoms with Gasteiger partial charge in [-0.05, 0) is 24.8 Å². The zero-order chi connectivity index (χ0) is 14.7. The maximum atomic E-state index is 6.12. The molecular formula is C18H25N3. The Balaban J connectivity index is 1.86. The monoisotopic (exact) mass is 283 g/mol. The number of benzene rings is 1. The van der Waals surface area contributed by atoms with E-state index in [4.69, 9.17) is 5.73 Å². The molecule has 0 aliphatic heterocycles. The predicted octanol–water partition coefficient (Wildman–Crippen LogP) is 4.48. The molecule has 1 aliphatic carbocycles. The number of nitrogens with two attached hydrogens (primary N) is 1. The molecule has 1 aromatic carbocycles. The number of hydrogen-bond acceptors (Lipinski definition) is 2. The highest BCUT2D eigenvalue weighted by molar-refractivity contribution is 5.76. The predicted molar refractivity (Wildman–Crippen MR) is 88.1 cm³/mol. The molecule has 1 aromatic heterocycles. The zero-order valence-electron chi connectivity index (χ0n) is 12.9. The summed E-state index contributed by atoms with van der Waals surface area (Å²) in [5.41, 5.74) is 10.9. The first kappa shape index (κ1) is 14.2. The lowest BCUT2D eigenvalue weighted by molar-refractivity contribution is 0.453. The lowest BCUT2D eigenvalue weighted by Gasteiger charge is -2.14. The minimum atomic E-state index is 0.629. The average molecular weight is 283 g/mol. The summed E-state index contributed by atoms with van der Waals surface area (Å²) in [7, 11) is 0. The fourth-order valence-corrected chi connectivity index (χ4v) is 3.52. The molecule has 3 nitrogen and oxygen atoms in total. The van der Waals surface area contributed by atoms with E-state index in [-0.39, 0.29) is 0 Å². The van der Waals surface area contributed by atoms with Gasteiger partial charge in [-0.3, -0.25) is 5.10 Å². The van der Waals surface area contributed by atoms with E-state index >= 15 is 0 Å². The van der Waals surface area contributed by atoms with Gasteiger partial charge in [-0.1, -0.05) is 68.4 Å². The van der Waals surface area contributed by atoms with Gasteiger partial charge in [0, 0.05) is 11.3 Å². The molecule has 0 spiro atoms. The van der Waals surface area contributed by atoms with Crippen LogP contribution in [0.1, 0.15) is 49.8 Å². The molecule has 2 aromatic rings. The zero-order valence-corrected chi connectivity index (χ0v) is 12.9. The molecule has 1 fully saturated rings. The van der Waals surface area contributed by atoms with Gasteiger partial charge in [0.1, 0.15) is 0 Å². The van der Waals surface area contributed by atoms with E-state index in [0.717, 1.165) is 17.9 Å². The van der Waals surface area contributed by atoms with Crippen LogP contribution in [-0.4, -0.2) is 10.2 Å². The van der Waals surface area contributed by atoms with Crippen LogP contribution in [0.4, 0.5) is 5.82 Å². The van der Waals surface area contributed by atoms with E-state index in [1.165, 1.54) is 55.3 Å². The summed E-state index contributed by atoms with van der Waals surface area (Å²) in [4.78, 5) is 0. The van der Waals surface area contributed by atoms with Crippen LogP contribution in [0, 0.1) is 12.8 Å². The highest BCUT2D eigenvalue weighted by atomic mass is 15.2. The quantitative estimate of drug-likeness (QED) is 0.816. The first-order chi connectivity index (χ1) is 10.2. The standard InChI is InChI=1S/C18H25N3/c1-13-7-6-10-15(11-13)17-16(20-21-18(17)19)12-14-8-4-2-3-5-9-14/h6-7,10-11,14H,2-5,8-9,12H2,1H3,(H3,19,20,21). The fourth-order valence-electron chi connectivity index (χ4n) is 3.52. The molecule has 0 saturated heterocycles. The van der Waals surface area contributed by atoms with Crippen molar-refractivity contribution in [2.45, 2.75) is 51.9 Å². The number of nitrogens with one attached hydrogen (secondary N) is 1. The molecule has 1 aliphatic rings. The molecular weight excluding hydrogens is 258 g/mol. The van der Waals surface area contributed by atoms with Crippen molar-refractivity contribution in [3.05, 3.63) is 35.5 Å². The van der Waals surface area contributed by atoms with Crippen molar-refractivity contribution in [1.29, 1.82) is 0 Å². The summed E-state index contributed by atoms with van der Waals surface area (Å²) in [6.45, 7) is 2.12. The number of rotatable bonds is 3. The van der Waals surface area contributed by atoms with Crippen LogP contribution in [0.5, 0.6) is 0 Å². The average Bonchev–Trinajstić information content (AvgIpc) is 2.67. The van der Waals surface area contributed by atoms with Gasteiger partial charge in [-0.2, -0.15) is 5.10 Å². The summed E-state index contributed by atoms with van der Waals surface area (Å²) < 4.78 is 0. The number of aromatic nitrogens is 2. The maximum Gasteiger partial charge on any atom is 0.153 e. The Morgan fingerprint density at radius 1 is 1.19 bits per heavy atom.